The van der Waals surface area contributed by atoms with Gasteiger partial charge in [0.25, 0.3) is 0 Å². The highest BCUT2D eigenvalue weighted by molar-refractivity contribution is 8.00. The standard InChI is InChI=1S/C5H8N4OS2/c1-11-5-8-3(6)2(12-5)4(7)9-10/h10H,6H2,1H3,(H2,7,9). The van der Waals surface area contributed by atoms with Gasteiger partial charge in [-0.05, 0) is 6.26 Å². The minimum atomic E-state index is 0.00491. The average Bonchev–Trinajstić information content (AvgIpc) is 2.45. The predicted molar refractivity (Wildman–Crippen MR) is 50.8 cm³/mol. The van der Waals surface area contributed by atoms with Gasteiger partial charge < -0.3 is 16.7 Å². The summed E-state index contributed by atoms with van der Waals surface area (Å²) in [6, 6.07) is 0. The summed E-state index contributed by atoms with van der Waals surface area (Å²) in [6.45, 7) is 0. The Kier molecular flexibility index (Phi) is 2.77. The Bertz CT molecular complexity index is 308. The van der Waals surface area contributed by atoms with Crippen LogP contribution in [-0.4, -0.2) is 22.3 Å². The number of nitrogens with two attached hydrogens (primary N) is 2. The lowest BCUT2D eigenvalue weighted by atomic mass is 10.5. The molecule has 0 aliphatic rings. The van der Waals surface area contributed by atoms with Crippen LogP contribution in [0, 0.1) is 0 Å². The van der Waals surface area contributed by atoms with E-state index >= 15 is 0 Å². The summed E-state index contributed by atoms with van der Waals surface area (Å²) in [5.74, 6) is 0.310. The number of amidine groups is 1. The van der Waals surface area contributed by atoms with Gasteiger partial charge in [0, 0.05) is 0 Å². The van der Waals surface area contributed by atoms with Crippen molar-refractivity contribution in [1.29, 1.82) is 0 Å². The highest BCUT2D eigenvalue weighted by Crippen LogP contribution is 2.26. The van der Waals surface area contributed by atoms with Gasteiger partial charge in [0.05, 0.1) is 0 Å². The molecular weight excluding hydrogens is 196 g/mol. The van der Waals surface area contributed by atoms with Gasteiger partial charge in [-0.25, -0.2) is 4.98 Å². The molecule has 0 unspecified atom stereocenters. The van der Waals surface area contributed by atoms with Gasteiger partial charge in [-0.2, -0.15) is 0 Å². The molecule has 0 bridgehead atoms. The second-order valence-corrected chi connectivity index (χ2v) is 3.94. The van der Waals surface area contributed by atoms with Crippen LogP contribution in [0.4, 0.5) is 5.82 Å². The maximum absolute atomic E-state index is 8.37. The maximum Gasteiger partial charge on any atom is 0.184 e. The first-order valence-corrected chi connectivity index (χ1v) is 5.01. The first-order chi connectivity index (χ1) is 5.69. The largest absolute Gasteiger partial charge is 0.409 e. The Hall–Kier alpha value is -0.950. The summed E-state index contributed by atoms with van der Waals surface area (Å²) in [4.78, 5) is 4.50. The van der Waals surface area contributed by atoms with Gasteiger partial charge in [-0.3, -0.25) is 0 Å². The molecule has 66 valence electrons. The van der Waals surface area contributed by atoms with Crippen molar-refractivity contribution in [3.05, 3.63) is 4.88 Å². The number of nitrogen functional groups attached to an aromatic ring is 1. The number of hydrogen-bond donors (Lipinski definition) is 3. The summed E-state index contributed by atoms with van der Waals surface area (Å²) in [6.07, 6.45) is 1.88. The fraction of sp³-hybridized carbons (Fsp3) is 0.200. The number of oxime groups is 1. The molecule has 0 atom stereocenters. The Morgan fingerprint density at radius 2 is 2.42 bits per heavy atom. The second-order valence-electron chi connectivity index (χ2n) is 1.88. The molecule has 0 spiro atoms. The van der Waals surface area contributed by atoms with Crippen LogP contribution in [0.3, 0.4) is 0 Å². The summed E-state index contributed by atoms with van der Waals surface area (Å²) < 4.78 is 0.800. The van der Waals surface area contributed by atoms with Crippen LogP contribution in [0.5, 0.6) is 0 Å². The zero-order valence-electron chi connectivity index (χ0n) is 6.31. The topological polar surface area (TPSA) is 97.5 Å². The molecule has 0 amide bonds. The van der Waals surface area contributed by atoms with Crippen molar-refractivity contribution in [3.8, 4) is 0 Å². The first kappa shape index (κ1) is 9.14. The number of hydrogen-bond acceptors (Lipinski definition) is 6. The smallest absolute Gasteiger partial charge is 0.184 e. The maximum atomic E-state index is 8.37. The third-order valence-electron chi connectivity index (χ3n) is 1.15. The molecule has 1 rings (SSSR count). The number of aromatic nitrogens is 1. The van der Waals surface area contributed by atoms with E-state index in [-0.39, 0.29) is 5.84 Å². The van der Waals surface area contributed by atoms with Gasteiger partial charge in [0.1, 0.15) is 10.7 Å². The minimum absolute atomic E-state index is 0.00491. The first-order valence-electron chi connectivity index (χ1n) is 2.97. The SMILES string of the molecule is CSc1nc(N)c(/C(N)=N/O)s1. The van der Waals surface area contributed by atoms with Crippen LogP contribution in [0.1, 0.15) is 4.88 Å². The molecule has 12 heavy (non-hydrogen) atoms. The van der Waals surface area contributed by atoms with E-state index in [9.17, 15) is 0 Å². The molecular formula is C5H8N4OS2. The molecule has 1 aromatic rings. The van der Waals surface area contributed by atoms with Crippen LogP contribution in [0.15, 0.2) is 9.50 Å². The molecule has 7 heteroatoms. The molecule has 0 aliphatic heterocycles. The molecule has 0 saturated carbocycles. The van der Waals surface area contributed by atoms with Crippen LogP contribution in [-0.2, 0) is 0 Å². The third kappa shape index (κ3) is 1.62. The fourth-order valence-corrected chi connectivity index (χ4v) is 2.01. The number of thioether (sulfide) groups is 1. The van der Waals surface area contributed by atoms with Crippen LogP contribution in [0.25, 0.3) is 0 Å². The normalized spacial score (nSPS) is 11.9. The Labute approximate surface area is 77.5 Å². The van der Waals surface area contributed by atoms with E-state index in [1.54, 1.807) is 0 Å². The average molecular weight is 204 g/mol. The molecule has 5 N–H and O–H groups in total. The molecule has 0 radical (unpaired) electrons. The van der Waals surface area contributed by atoms with Crippen molar-refractivity contribution in [2.45, 2.75) is 4.34 Å². The van der Waals surface area contributed by atoms with E-state index < -0.39 is 0 Å². The van der Waals surface area contributed by atoms with Gasteiger partial charge in [0.15, 0.2) is 10.2 Å². The molecule has 1 heterocycles. The van der Waals surface area contributed by atoms with Gasteiger partial charge in [-0.15, -0.1) is 11.3 Å². The lowest BCUT2D eigenvalue weighted by molar-refractivity contribution is 0.319. The van der Waals surface area contributed by atoms with Crippen molar-refractivity contribution >= 4 is 34.8 Å². The van der Waals surface area contributed by atoms with Crippen molar-refractivity contribution in [2.75, 3.05) is 12.0 Å². The Balaban J connectivity index is 3.08. The number of thiazole rings is 1. The minimum Gasteiger partial charge on any atom is -0.409 e. The Morgan fingerprint density at radius 1 is 1.75 bits per heavy atom. The Morgan fingerprint density at radius 3 is 2.83 bits per heavy atom. The monoisotopic (exact) mass is 204 g/mol. The zero-order chi connectivity index (χ0) is 9.14. The molecule has 1 aromatic heterocycles. The van der Waals surface area contributed by atoms with E-state index in [1.165, 1.54) is 23.1 Å². The number of anilines is 1. The molecule has 0 aromatic carbocycles. The number of nitrogens with zero attached hydrogens (tertiary/aromatic N) is 2. The predicted octanol–water partition coefficient (Wildman–Crippen LogP) is 0.542. The van der Waals surface area contributed by atoms with E-state index in [4.69, 9.17) is 16.7 Å². The quantitative estimate of drug-likeness (QED) is 0.215. The summed E-state index contributed by atoms with van der Waals surface area (Å²) >= 11 is 2.77. The molecule has 5 nitrogen and oxygen atoms in total. The van der Waals surface area contributed by atoms with Gasteiger partial charge in [-0.1, -0.05) is 16.9 Å². The van der Waals surface area contributed by atoms with Crippen molar-refractivity contribution in [3.63, 3.8) is 0 Å². The van der Waals surface area contributed by atoms with Gasteiger partial charge >= 0.3 is 0 Å². The van der Waals surface area contributed by atoms with Crippen LogP contribution in [0.2, 0.25) is 0 Å². The van der Waals surface area contributed by atoms with Crippen molar-refractivity contribution in [2.24, 2.45) is 10.9 Å². The lowest BCUT2D eigenvalue weighted by Gasteiger charge is -1.91. The van der Waals surface area contributed by atoms with Crippen molar-refractivity contribution < 1.29 is 5.21 Å². The summed E-state index contributed by atoms with van der Waals surface area (Å²) in [7, 11) is 0. The summed E-state index contributed by atoms with van der Waals surface area (Å²) in [5, 5.41) is 11.2. The van der Waals surface area contributed by atoms with Crippen LogP contribution >= 0.6 is 23.1 Å². The highest BCUT2D eigenvalue weighted by atomic mass is 32.2. The van der Waals surface area contributed by atoms with Crippen LogP contribution < -0.4 is 11.5 Å². The zero-order valence-corrected chi connectivity index (χ0v) is 7.95. The van der Waals surface area contributed by atoms with Crippen molar-refractivity contribution in [1.82, 2.24) is 4.98 Å². The van der Waals surface area contributed by atoms with Gasteiger partial charge in [0.2, 0.25) is 0 Å². The van der Waals surface area contributed by atoms with E-state index in [0.717, 1.165) is 4.34 Å². The lowest BCUT2D eigenvalue weighted by Crippen LogP contribution is -2.13. The van der Waals surface area contributed by atoms with E-state index in [1.807, 2.05) is 6.26 Å². The molecule has 0 aliphatic carbocycles. The number of rotatable bonds is 2. The van der Waals surface area contributed by atoms with E-state index in [0.29, 0.717) is 10.7 Å². The second kappa shape index (κ2) is 3.63. The highest BCUT2D eigenvalue weighted by Gasteiger charge is 2.11. The molecule has 0 saturated heterocycles. The third-order valence-corrected chi connectivity index (χ3v) is 3.23. The fourth-order valence-electron chi connectivity index (χ4n) is 0.628. The summed E-state index contributed by atoms with van der Waals surface area (Å²) in [5.41, 5.74) is 10.9. The molecule has 0 fully saturated rings. The van der Waals surface area contributed by atoms with E-state index in [2.05, 4.69) is 10.1 Å².